The molecule has 1 spiro atoms. The Morgan fingerprint density at radius 3 is 2.76 bits per heavy atom. The van der Waals surface area contributed by atoms with Gasteiger partial charge in [0.1, 0.15) is 6.42 Å². The molecule has 0 radical (unpaired) electrons. The van der Waals surface area contributed by atoms with Crippen LogP contribution >= 0.6 is 0 Å². The van der Waals surface area contributed by atoms with Gasteiger partial charge >= 0.3 is 0 Å². The molecule has 1 N–H and O–H groups in total. The van der Waals surface area contributed by atoms with Crippen molar-refractivity contribution in [3.05, 3.63) is 36.2 Å². The number of aromatic nitrogens is 2. The molecule has 0 aliphatic carbocycles. The fourth-order valence-electron chi connectivity index (χ4n) is 3.56. The molecule has 132 valence electrons. The molecule has 1 aromatic heterocycles. The van der Waals surface area contributed by atoms with Crippen molar-refractivity contribution in [2.24, 2.45) is 0 Å². The lowest BCUT2D eigenvalue weighted by molar-refractivity contribution is -0.126. The number of nitrogens with one attached hydrogen (secondary N) is 1. The molecular formula is C18H21N3O4. The Labute approximate surface area is 145 Å². The second kappa shape index (κ2) is 6.93. The monoisotopic (exact) mass is 343 g/mol. The highest BCUT2D eigenvalue weighted by Gasteiger charge is 2.46. The Hall–Kier alpha value is -2.25. The van der Waals surface area contributed by atoms with Crippen LogP contribution in [0.2, 0.25) is 0 Å². The zero-order valence-corrected chi connectivity index (χ0v) is 13.9. The molecule has 0 bridgehead atoms. The zero-order chi connectivity index (χ0) is 17.1. The van der Waals surface area contributed by atoms with Crippen molar-refractivity contribution in [2.45, 2.75) is 37.3 Å². The Morgan fingerprint density at radius 2 is 1.96 bits per heavy atom. The van der Waals surface area contributed by atoms with E-state index in [4.69, 9.17) is 13.9 Å². The first kappa shape index (κ1) is 16.2. The Kier molecular flexibility index (Phi) is 4.50. The summed E-state index contributed by atoms with van der Waals surface area (Å²) in [5.74, 6) is 0.620. The van der Waals surface area contributed by atoms with E-state index < -0.39 is 0 Å². The van der Waals surface area contributed by atoms with Crippen LogP contribution in [-0.2, 0) is 20.7 Å². The van der Waals surface area contributed by atoms with Crippen molar-refractivity contribution in [2.75, 3.05) is 19.8 Å². The summed E-state index contributed by atoms with van der Waals surface area (Å²) < 4.78 is 17.0. The molecule has 4 rings (SSSR count). The van der Waals surface area contributed by atoms with E-state index in [9.17, 15) is 4.79 Å². The van der Waals surface area contributed by atoms with Crippen LogP contribution < -0.4 is 5.32 Å². The lowest BCUT2D eigenvalue weighted by atomic mass is 9.86. The second-order valence-corrected chi connectivity index (χ2v) is 6.48. The molecular weight excluding hydrogens is 322 g/mol. The van der Waals surface area contributed by atoms with Crippen LogP contribution in [-0.4, -0.2) is 47.6 Å². The van der Waals surface area contributed by atoms with Crippen LogP contribution in [0.25, 0.3) is 11.5 Å². The summed E-state index contributed by atoms with van der Waals surface area (Å²) in [6.45, 7) is 2.02. The van der Waals surface area contributed by atoms with Gasteiger partial charge in [-0.2, -0.15) is 0 Å². The minimum absolute atomic E-state index is 0.0143. The van der Waals surface area contributed by atoms with Crippen LogP contribution in [0.5, 0.6) is 0 Å². The number of amides is 1. The van der Waals surface area contributed by atoms with Crippen LogP contribution in [0.15, 0.2) is 34.7 Å². The number of hydrogen-bond acceptors (Lipinski definition) is 6. The Bertz CT molecular complexity index is 725. The standard InChI is InChI=1S/C18H21N3O4/c22-15(19-14-6-9-24-18(14)7-10-23-11-8-18)12-16-20-21-17(25-16)13-4-2-1-3-5-13/h1-5,14H,6-12H2,(H,19,22). The fraction of sp³-hybridized carbons (Fsp3) is 0.500. The van der Waals surface area contributed by atoms with Gasteiger partial charge in [0.25, 0.3) is 0 Å². The van der Waals surface area contributed by atoms with Gasteiger partial charge in [-0.1, -0.05) is 18.2 Å². The van der Waals surface area contributed by atoms with Gasteiger partial charge in [-0.15, -0.1) is 10.2 Å². The van der Waals surface area contributed by atoms with E-state index in [1.807, 2.05) is 30.3 Å². The normalized spacial score (nSPS) is 22.2. The average Bonchev–Trinajstić information content (AvgIpc) is 3.25. The molecule has 1 aromatic carbocycles. The third-order valence-corrected chi connectivity index (χ3v) is 4.90. The van der Waals surface area contributed by atoms with Gasteiger partial charge in [-0.3, -0.25) is 4.79 Å². The minimum Gasteiger partial charge on any atom is -0.420 e. The third-order valence-electron chi connectivity index (χ3n) is 4.90. The van der Waals surface area contributed by atoms with Gasteiger partial charge in [0.2, 0.25) is 17.7 Å². The van der Waals surface area contributed by atoms with Crippen molar-refractivity contribution in [3.8, 4) is 11.5 Å². The van der Waals surface area contributed by atoms with E-state index in [1.165, 1.54) is 0 Å². The highest BCUT2D eigenvalue weighted by atomic mass is 16.5. The van der Waals surface area contributed by atoms with E-state index in [2.05, 4.69) is 15.5 Å². The maximum atomic E-state index is 12.4. The SMILES string of the molecule is O=C(Cc1nnc(-c2ccccc2)o1)NC1CCOC12CCOCC2. The first-order valence-electron chi connectivity index (χ1n) is 8.64. The fourth-order valence-corrected chi connectivity index (χ4v) is 3.56. The molecule has 2 aromatic rings. The zero-order valence-electron chi connectivity index (χ0n) is 13.9. The number of ether oxygens (including phenoxy) is 2. The number of carbonyl (C=O) groups is 1. The molecule has 1 atom stereocenters. The van der Waals surface area contributed by atoms with Crippen molar-refractivity contribution >= 4 is 5.91 Å². The Balaban J connectivity index is 1.38. The molecule has 2 aliphatic heterocycles. The summed E-state index contributed by atoms with van der Waals surface area (Å²) in [6.07, 6.45) is 2.53. The number of benzene rings is 1. The second-order valence-electron chi connectivity index (χ2n) is 6.48. The number of carbonyl (C=O) groups excluding carboxylic acids is 1. The van der Waals surface area contributed by atoms with Crippen molar-refractivity contribution in [1.29, 1.82) is 0 Å². The molecule has 2 saturated heterocycles. The number of hydrogen-bond donors (Lipinski definition) is 1. The summed E-state index contributed by atoms with van der Waals surface area (Å²) in [5, 5.41) is 11.1. The van der Waals surface area contributed by atoms with Gasteiger partial charge in [-0.05, 0) is 18.6 Å². The maximum Gasteiger partial charge on any atom is 0.247 e. The first-order valence-corrected chi connectivity index (χ1v) is 8.64. The first-order chi connectivity index (χ1) is 12.3. The smallest absolute Gasteiger partial charge is 0.247 e. The summed E-state index contributed by atoms with van der Waals surface area (Å²) in [7, 11) is 0. The summed E-state index contributed by atoms with van der Waals surface area (Å²) in [6, 6.07) is 9.52. The van der Waals surface area contributed by atoms with E-state index in [1.54, 1.807) is 0 Å². The topological polar surface area (TPSA) is 86.5 Å². The van der Waals surface area contributed by atoms with Crippen molar-refractivity contribution in [3.63, 3.8) is 0 Å². The minimum atomic E-state index is -0.280. The summed E-state index contributed by atoms with van der Waals surface area (Å²) in [4.78, 5) is 12.4. The molecule has 2 fully saturated rings. The van der Waals surface area contributed by atoms with Crippen LogP contribution in [0.1, 0.15) is 25.2 Å². The van der Waals surface area contributed by atoms with Gasteiger partial charge in [0, 0.05) is 38.2 Å². The summed E-state index contributed by atoms with van der Waals surface area (Å²) in [5.41, 5.74) is 0.560. The van der Waals surface area contributed by atoms with Crippen LogP contribution in [0, 0.1) is 0 Å². The van der Waals surface area contributed by atoms with Crippen LogP contribution in [0.4, 0.5) is 0 Å². The molecule has 1 amide bonds. The third kappa shape index (κ3) is 3.43. The Morgan fingerprint density at radius 1 is 1.16 bits per heavy atom. The van der Waals surface area contributed by atoms with Gasteiger partial charge in [0.05, 0.1) is 11.6 Å². The highest BCUT2D eigenvalue weighted by Crippen LogP contribution is 2.35. The molecule has 1 unspecified atom stereocenters. The molecule has 3 heterocycles. The number of nitrogens with zero attached hydrogens (tertiary/aromatic N) is 2. The van der Waals surface area contributed by atoms with Gasteiger partial charge < -0.3 is 19.2 Å². The van der Waals surface area contributed by atoms with E-state index in [-0.39, 0.29) is 24.0 Å². The number of rotatable bonds is 4. The molecule has 2 aliphatic rings. The quantitative estimate of drug-likeness (QED) is 0.910. The largest absolute Gasteiger partial charge is 0.420 e. The van der Waals surface area contributed by atoms with E-state index in [0.29, 0.717) is 31.6 Å². The van der Waals surface area contributed by atoms with E-state index in [0.717, 1.165) is 24.8 Å². The van der Waals surface area contributed by atoms with Crippen molar-refractivity contribution < 1.29 is 18.7 Å². The lowest BCUT2D eigenvalue weighted by Gasteiger charge is -2.37. The molecule has 7 heteroatoms. The van der Waals surface area contributed by atoms with Gasteiger partial charge in [0.15, 0.2) is 0 Å². The molecule has 7 nitrogen and oxygen atoms in total. The average molecular weight is 343 g/mol. The molecule has 25 heavy (non-hydrogen) atoms. The lowest BCUT2D eigenvalue weighted by Crippen LogP contribution is -2.53. The predicted octanol–water partition coefficient (Wildman–Crippen LogP) is 1.73. The van der Waals surface area contributed by atoms with E-state index >= 15 is 0 Å². The van der Waals surface area contributed by atoms with Crippen LogP contribution in [0.3, 0.4) is 0 Å². The van der Waals surface area contributed by atoms with Gasteiger partial charge in [-0.25, -0.2) is 0 Å². The summed E-state index contributed by atoms with van der Waals surface area (Å²) >= 11 is 0. The van der Waals surface area contributed by atoms with Crippen molar-refractivity contribution in [1.82, 2.24) is 15.5 Å². The molecule has 0 saturated carbocycles. The predicted molar refractivity (Wildman–Crippen MR) is 88.7 cm³/mol. The maximum absolute atomic E-state index is 12.4. The highest BCUT2D eigenvalue weighted by molar-refractivity contribution is 5.78.